The van der Waals surface area contributed by atoms with Crippen molar-refractivity contribution >= 4 is 24.0 Å². The summed E-state index contributed by atoms with van der Waals surface area (Å²) in [6.45, 7) is 6.18. The molecule has 2 unspecified atom stereocenters. The van der Waals surface area contributed by atoms with Crippen LogP contribution in [0.4, 0.5) is 5.69 Å². The van der Waals surface area contributed by atoms with Crippen LogP contribution in [-0.2, 0) is 4.79 Å². The van der Waals surface area contributed by atoms with Crippen molar-refractivity contribution in [3.05, 3.63) is 24.3 Å². The van der Waals surface area contributed by atoms with Crippen LogP contribution in [0.15, 0.2) is 24.3 Å². The van der Waals surface area contributed by atoms with E-state index in [2.05, 4.69) is 19.2 Å². The molecule has 4 nitrogen and oxygen atoms in total. The van der Waals surface area contributed by atoms with E-state index in [1.165, 1.54) is 12.8 Å². The van der Waals surface area contributed by atoms with Gasteiger partial charge in [-0.1, -0.05) is 6.92 Å². The van der Waals surface area contributed by atoms with Crippen molar-refractivity contribution in [3.63, 3.8) is 0 Å². The Balaban J connectivity index is 0.00000192. The summed E-state index contributed by atoms with van der Waals surface area (Å²) in [7, 11) is 1.66. The first-order chi connectivity index (χ1) is 10.6. The number of hydrogen-bond donors (Lipinski definition) is 1. The molecule has 1 aromatic rings. The fraction of sp³-hybridized carbons (Fsp3) is 0.611. The zero-order chi connectivity index (χ0) is 15.7. The molecule has 1 aliphatic heterocycles. The summed E-state index contributed by atoms with van der Waals surface area (Å²) in [5, 5.41) is 3.27. The fourth-order valence-corrected chi connectivity index (χ4v) is 3.18. The number of hydrogen-bond acceptors (Lipinski definition) is 3. The van der Waals surface area contributed by atoms with Crippen molar-refractivity contribution in [2.75, 3.05) is 25.1 Å². The molecule has 2 aliphatic rings. The highest BCUT2D eigenvalue weighted by Gasteiger charge is 2.39. The van der Waals surface area contributed by atoms with Crippen LogP contribution in [0, 0.1) is 17.8 Å². The lowest BCUT2D eigenvalue weighted by Crippen LogP contribution is -2.52. The Morgan fingerprint density at radius 2 is 1.78 bits per heavy atom. The Bertz CT molecular complexity index is 526. The van der Waals surface area contributed by atoms with E-state index in [1.54, 1.807) is 7.11 Å². The van der Waals surface area contributed by atoms with E-state index in [4.69, 9.17) is 4.74 Å². The highest BCUT2D eigenvalue weighted by atomic mass is 35.5. The third-order valence-electron chi connectivity index (χ3n) is 5.21. The predicted octanol–water partition coefficient (Wildman–Crippen LogP) is 3.10. The summed E-state index contributed by atoms with van der Waals surface area (Å²) in [4.78, 5) is 15.1. The van der Waals surface area contributed by atoms with Gasteiger partial charge in [0.05, 0.1) is 7.11 Å². The lowest BCUT2D eigenvalue weighted by molar-refractivity contribution is -0.124. The van der Waals surface area contributed by atoms with Crippen LogP contribution in [-0.4, -0.2) is 32.1 Å². The molecule has 0 spiro atoms. The lowest BCUT2D eigenvalue weighted by atomic mass is 9.87. The second-order valence-corrected chi connectivity index (χ2v) is 6.69. The molecule has 1 saturated carbocycles. The van der Waals surface area contributed by atoms with E-state index >= 15 is 0 Å². The van der Waals surface area contributed by atoms with Gasteiger partial charge in [0.25, 0.3) is 0 Å². The number of carbonyl (C=O) groups excluding carboxylic acids is 1. The highest BCUT2D eigenvalue weighted by molar-refractivity contribution is 5.95. The van der Waals surface area contributed by atoms with Crippen LogP contribution >= 0.6 is 12.4 Å². The molecule has 1 saturated heterocycles. The number of halogens is 1. The zero-order valence-electron chi connectivity index (χ0n) is 14.1. The van der Waals surface area contributed by atoms with Gasteiger partial charge in [-0.25, -0.2) is 0 Å². The largest absolute Gasteiger partial charge is 0.497 e. The molecule has 1 heterocycles. The Hall–Kier alpha value is -1.26. The van der Waals surface area contributed by atoms with Gasteiger partial charge in [-0.2, -0.15) is 0 Å². The van der Waals surface area contributed by atoms with E-state index in [-0.39, 0.29) is 30.3 Å². The lowest BCUT2D eigenvalue weighted by Gasteiger charge is -2.37. The smallest absolute Gasteiger partial charge is 0.230 e. The second-order valence-electron chi connectivity index (χ2n) is 6.69. The van der Waals surface area contributed by atoms with Crippen LogP contribution in [0.5, 0.6) is 5.75 Å². The SMILES string of the molecule is COc1ccc(N(C(=O)C(C)C2CNC2)C(C)C2CC2)cc1.Cl. The van der Waals surface area contributed by atoms with Gasteiger partial charge in [-0.05, 0) is 69.0 Å². The average Bonchev–Trinajstić information content (AvgIpc) is 3.30. The van der Waals surface area contributed by atoms with Crippen molar-refractivity contribution in [3.8, 4) is 5.75 Å². The second kappa shape index (κ2) is 7.54. The highest BCUT2D eigenvalue weighted by Crippen LogP contribution is 2.38. The average molecular weight is 339 g/mol. The maximum Gasteiger partial charge on any atom is 0.230 e. The van der Waals surface area contributed by atoms with Gasteiger partial charge in [0.15, 0.2) is 0 Å². The summed E-state index contributed by atoms with van der Waals surface area (Å²) in [6.07, 6.45) is 2.47. The van der Waals surface area contributed by atoms with Crippen molar-refractivity contribution in [2.24, 2.45) is 17.8 Å². The molecule has 1 aliphatic carbocycles. The summed E-state index contributed by atoms with van der Waals surface area (Å²) >= 11 is 0. The van der Waals surface area contributed by atoms with Crippen LogP contribution in [0.3, 0.4) is 0 Å². The van der Waals surface area contributed by atoms with E-state index in [9.17, 15) is 4.79 Å². The fourth-order valence-electron chi connectivity index (χ4n) is 3.18. The number of amides is 1. The van der Waals surface area contributed by atoms with Crippen LogP contribution in [0.25, 0.3) is 0 Å². The molecule has 3 rings (SSSR count). The summed E-state index contributed by atoms with van der Waals surface area (Å²) in [6, 6.07) is 8.15. The van der Waals surface area contributed by atoms with Gasteiger partial charge < -0.3 is 15.0 Å². The van der Waals surface area contributed by atoms with Gasteiger partial charge in [-0.15, -0.1) is 12.4 Å². The van der Waals surface area contributed by atoms with Crippen molar-refractivity contribution in [2.45, 2.75) is 32.7 Å². The molecule has 0 bridgehead atoms. The number of nitrogens with one attached hydrogen (secondary N) is 1. The van der Waals surface area contributed by atoms with Crippen LogP contribution in [0.2, 0.25) is 0 Å². The van der Waals surface area contributed by atoms with E-state index < -0.39 is 0 Å². The normalized spacial score (nSPS) is 20.0. The van der Waals surface area contributed by atoms with Gasteiger partial charge >= 0.3 is 0 Å². The van der Waals surface area contributed by atoms with E-state index in [0.29, 0.717) is 11.8 Å². The molecule has 23 heavy (non-hydrogen) atoms. The Labute approximate surface area is 145 Å². The number of nitrogens with zero attached hydrogens (tertiary/aromatic N) is 1. The predicted molar refractivity (Wildman–Crippen MR) is 95.4 cm³/mol. The van der Waals surface area contributed by atoms with Gasteiger partial charge in [0.1, 0.15) is 5.75 Å². The first kappa shape index (κ1) is 18.1. The third kappa shape index (κ3) is 3.81. The Kier molecular flexibility index (Phi) is 5.93. The standard InChI is InChI=1S/C18H26N2O2.ClH/c1-12(15-10-19-11-15)18(21)20(13(2)14-4-5-14)16-6-8-17(22-3)9-7-16;/h6-9,12-15,19H,4-5,10-11H2,1-3H3;1H. The van der Waals surface area contributed by atoms with Crippen molar-refractivity contribution in [1.29, 1.82) is 0 Å². The Morgan fingerprint density at radius 1 is 1.17 bits per heavy atom. The van der Waals surface area contributed by atoms with E-state index in [0.717, 1.165) is 24.5 Å². The number of rotatable bonds is 6. The molecule has 128 valence electrons. The quantitative estimate of drug-likeness (QED) is 0.866. The van der Waals surface area contributed by atoms with Crippen molar-refractivity contribution in [1.82, 2.24) is 5.32 Å². The number of anilines is 1. The molecule has 0 radical (unpaired) electrons. The van der Waals surface area contributed by atoms with Gasteiger partial charge in [-0.3, -0.25) is 4.79 Å². The minimum Gasteiger partial charge on any atom is -0.497 e. The van der Waals surface area contributed by atoms with Gasteiger partial charge in [0.2, 0.25) is 5.91 Å². The molecule has 2 atom stereocenters. The maximum atomic E-state index is 13.1. The molecule has 1 amide bonds. The molecular weight excluding hydrogens is 312 g/mol. The molecule has 5 heteroatoms. The Morgan fingerprint density at radius 3 is 2.22 bits per heavy atom. The topological polar surface area (TPSA) is 41.6 Å². The summed E-state index contributed by atoms with van der Waals surface area (Å²) < 4.78 is 5.23. The number of carbonyl (C=O) groups is 1. The molecular formula is C18H27ClN2O2. The zero-order valence-corrected chi connectivity index (χ0v) is 14.9. The summed E-state index contributed by atoms with van der Waals surface area (Å²) in [5.41, 5.74) is 0.990. The van der Waals surface area contributed by atoms with Crippen molar-refractivity contribution < 1.29 is 9.53 Å². The maximum absolute atomic E-state index is 13.1. The number of methoxy groups -OCH3 is 1. The number of ether oxygens (including phenoxy) is 1. The first-order valence-electron chi connectivity index (χ1n) is 8.29. The molecule has 2 fully saturated rings. The third-order valence-corrected chi connectivity index (χ3v) is 5.21. The van der Waals surface area contributed by atoms with Crippen LogP contribution in [0.1, 0.15) is 26.7 Å². The molecule has 1 N–H and O–H groups in total. The molecule has 1 aromatic carbocycles. The van der Waals surface area contributed by atoms with E-state index in [1.807, 2.05) is 29.2 Å². The minimum atomic E-state index is 0. The minimum absolute atomic E-state index is 0. The summed E-state index contributed by atoms with van der Waals surface area (Å²) in [5.74, 6) is 2.28. The molecule has 0 aromatic heterocycles. The first-order valence-corrected chi connectivity index (χ1v) is 8.29. The van der Waals surface area contributed by atoms with Crippen LogP contribution < -0.4 is 15.0 Å². The number of benzene rings is 1. The van der Waals surface area contributed by atoms with Gasteiger partial charge in [0, 0.05) is 17.6 Å². The monoisotopic (exact) mass is 338 g/mol.